The second kappa shape index (κ2) is 7.72. The van der Waals surface area contributed by atoms with Crippen molar-refractivity contribution in [2.24, 2.45) is 0 Å². The van der Waals surface area contributed by atoms with Crippen LogP contribution in [0.5, 0.6) is 0 Å². The molecule has 7 heteroatoms. The van der Waals surface area contributed by atoms with Crippen LogP contribution < -0.4 is 5.43 Å². The van der Waals surface area contributed by atoms with E-state index in [0.29, 0.717) is 24.0 Å². The smallest absolute Gasteiger partial charge is 0.346 e. The van der Waals surface area contributed by atoms with Crippen LogP contribution in [-0.4, -0.2) is 28.3 Å². The topological polar surface area (TPSA) is 87.5 Å². The first kappa shape index (κ1) is 17.7. The summed E-state index contributed by atoms with van der Waals surface area (Å²) in [6.07, 6.45) is 2.32. The zero-order valence-corrected chi connectivity index (χ0v) is 14.0. The lowest BCUT2D eigenvalue weighted by Gasteiger charge is -2.11. The third-order valence-corrected chi connectivity index (χ3v) is 3.49. The molecule has 0 fully saturated rings. The third-order valence-electron chi connectivity index (χ3n) is 3.49. The van der Waals surface area contributed by atoms with Gasteiger partial charge in [-0.25, -0.2) is 9.78 Å². The number of pyridine rings is 2. The quantitative estimate of drug-likeness (QED) is 0.595. The van der Waals surface area contributed by atoms with Gasteiger partial charge in [-0.3, -0.25) is 9.59 Å². The van der Waals surface area contributed by atoms with Crippen LogP contribution in [0.25, 0.3) is 11.0 Å². The normalized spacial score (nSPS) is 10.6. The molecule has 0 aliphatic rings. The minimum atomic E-state index is -0.825. The molecule has 0 aliphatic heterocycles. The molecule has 2 rings (SSSR count). The highest BCUT2D eigenvalue weighted by molar-refractivity contribution is 5.93. The molecule has 0 amide bonds. The number of carbonyl (C=O) groups is 2. The Labute approximate surface area is 139 Å². The standard InChI is InChI=1S/C17H20N2O5/c1-4-6-14(20)23-10-24-17(22)13-9-19(5-2)16-12(15(13)21)8-7-11(3)18-16/h7-9H,4-6,10H2,1-3H3. The fourth-order valence-corrected chi connectivity index (χ4v) is 2.25. The Morgan fingerprint density at radius 2 is 1.96 bits per heavy atom. The SMILES string of the molecule is CCCC(=O)OCOC(=O)c1cn(CC)c2nc(C)ccc2c1=O. The molecule has 2 aromatic heterocycles. The number of rotatable bonds is 6. The molecule has 0 atom stereocenters. The van der Waals surface area contributed by atoms with E-state index in [1.807, 2.05) is 20.8 Å². The minimum Gasteiger partial charge on any atom is -0.428 e. The first-order valence-corrected chi connectivity index (χ1v) is 7.81. The lowest BCUT2D eigenvalue weighted by atomic mass is 10.2. The number of aromatic nitrogens is 2. The van der Waals surface area contributed by atoms with E-state index in [0.717, 1.165) is 5.69 Å². The number of carbonyl (C=O) groups excluding carboxylic acids is 2. The van der Waals surface area contributed by atoms with Gasteiger partial charge in [-0.1, -0.05) is 6.92 Å². The fourth-order valence-electron chi connectivity index (χ4n) is 2.25. The monoisotopic (exact) mass is 332 g/mol. The molecule has 0 aromatic carbocycles. The highest BCUT2D eigenvalue weighted by Crippen LogP contribution is 2.11. The second-order valence-corrected chi connectivity index (χ2v) is 5.30. The number of esters is 2. The van der Waals surface area contributed by atoms with Crippen molar-refractivity contribution < 1.29 is 19.1 Å². The molecule has 2 aromatic rings. The van der Waals surface area contributed by atoms with Gasteiger partial charge < -0.3 is 14.0 Å². The zero-order valence-electron chi connectivity index (χ0n) is 14.0. The molecular weight excluding hydrogens is 312 g/mol. The summed E-state index contributed by atoms with van der Waals surface area (Å²) < 4.78 is 11.4. The second-order valence-electron chi connectivity index (χ2n) is 5.30. The molecule has 0 unspecified atom stereocenters. The molecule has 24 heavy (non-hydrogen) atoms. The number of nitrogens with zero attached hydrogens (tertiary/aromatic N) is 2. The van der Waals surface area contributed by atoms with Gasteiger partial charge in [0.05, 0.1) is 5.39 Å². The molecule has 0 bridgehead atoms. The van der Waals surface area contributed by atoms with Crippen LogP contribution in [-0.2, 0) is 20.8 Å². The van der Waals surface area contributed by atoms with Crippen molar-refractivity contribution in [1.82, 2.24) is 9.55 Å². The van der Waals surface area contributed by atoms with Gasteiger partial charge in [0.15, 0.2) is 0 Å². The largest absolute Gasteiger partial charge is 0.428 e. The van der Waals surface area contributed by atoms with Crippen LogP contribution in [0.2, 0.25) is 0 Å². The van der Waals surface area contributed by atoms with Gasteiger partial charge in [-0.05, 0) is 32.4 Å². The van der Waals surface area contributed by atoms with Gasteiger partial charge in [0.1, 0.15) is 11.2 Å². The fraction of sp³-hybridized carbons (Fsp3) is 0.412. The maximum absolute atomic E-state index is 12.5. The van der Waals surface area contributed by atoms with Crippen molar-refractivity contribution in [3.63, 3.8) is 0 Å². The first-order valence-electron chi connectivity index (χ1n) is 7.81. The summed E-state index contributed by atoms with van der Waals surface area (Å²) in [4.78, 5) is 40.2. The maximum Gasteiger partial charge on any atom is 0.346 e. The van der Waals surface area contributed by atoms with Crippen molar-refractivity contribution in [2.45, 2.75) is 40.2 Å². The summed E-state index contributed by atoms with van der Waals surface area (Å²) in [5.74, 6) is -1.27. The van der Waals surface area contributed by atoms with Crippen LogP contribution in [0.15, 0.2) is 23.1 Å². The van der Waals surface area contributed by atoms with E-state index in [9.17, 15) is 14.4 Å². The molecule has 0 saturated heterocycles. The molecule has 0 N–H and O–H groups in total. The summed E-state index contributed by atoms with van der Waals surface area (Å²) >= 11 is 0. The predicted octanol–water partition coefficient (Wildman–Crippen LogP) is 2.18. The van der Waals surface area contributed by atoms with Crippen LogP contribution in [0, 0.1) is 6.92 Å². The highest BCUT2D eigenvalue weighted by Gasteiger charge is 2.17. The van der Waals surface area contributed by atoms with Crippen LogP contribution in [0.4, 0.5) is 0 Å². The van der Waals surface area contributed by atoms with Crippen molar-refractivity contribution in [3.05, 3.63) is 39.8 Å². The van der Waals surface area contributed by atoms with E-state index in [1.54, 1.807) is 16.7 Å². The number of hydrogen-bond donors (Lipinski definition) is 0. The van der Waals surface area contributed by atoms with Crippen molar-refractivity contribution in [1.29, 1.82) is 0 Å². The zero-order chi connectivity index (χ0) is 17.7. The van der Waals surface area contributed by atoms with Gasteiger partial charge in [0, 0.05) is 24.9 Å². The van der Waals surface area contributed by atoms with E-state index in [4.69, 9.17) is 9.47 Å². The number of fused-ring (bicyclic) bond motifs is 1. The van der Waals surface area contributed by atoms with E-state index in [2.05, 4.69) is 4.98 Å². The van der Waals surface area contributed by atoms with Crippen molar-refractivity contribution >= 4 is 23.0 Å². The minimum absolute atomic E-state index is 0.110. The average molecular weight is 332 g/mol. The Kier molecular flexibility index (Phi) is 5.68. The summed E-state index contributed by atoms with van der Waals surface area (Å²) in [6, 6.07) is 3.36. The van der Waals surface area contributed by atoms with Crippen molar-refractivity contribution in [3.8, 4) is 0 Å². The third kappa shape index (κ3) is 3.79. The summed E-state index contributed by atoms with van der Waals surface area (Å²) in [5.41, 5.74) is 0.740. The summed E-state index contributed by atoms with van der Waals surface area (Å²) in [6.45, 7) is 5.59. The molecule has 7 nitrogen and oxygen atoms in total. The predicted molar refractivity (Wildman–Crippen MR) is 87.7 cm³/mol. The number of ether oxygens (including phenoxy) is 2. The van der Waals surface area contributed by atoms with Crippen LogP contribution in [0.3, 0.4) is 0 Å². The Morgan fingerprint density at radius 3 is 2.62 bits per heavy atom. The van der Waals surface area contributed by atoms with Gasteiger partial charge in [-0.15, -0.1) is 0 Å². The van der Waals surface area contributed by atoms with Gasteiger partial charge in [0.25, 0.3) is 0 Å². The lowest BCUT2D eigenvalue weighted by molar-refractivity contribution is -0.152. The summed E-state index contributed by atoms with van der Waals surface area (Å²) in [7, 11) is 0. The molecular formula is C17H20N2O5. The van der Waals surface area contributed by atoms with Crippen molar-refractivity contribution in [2.75, 3.05) is 6.79 Å². The van der Waals surface area contributed by atoms with Crippen LogP contribution in [0.1, 0.15) is 42.7 Å². The Morgan fingerprint density at radius 1 is 1.21 bits per heavy atom. The molecule has 0 aliphatic carbocycles. The lowest BCUT2D eigenvalue weighted by Crippen LogP contribution is -2.22. The van der Waals surface area contributed by atoms with Crippen LogP contribution >= 0.6 is 0 Å². The van der Waals surface area contributed by atoms with Gasteiger partial charge in [0.2, 0.25) is 12.2 Å². The summed E-state index contributed by atoms with van der Waals surface area (Å²) in [5, 5.41) is 0.347. The molecule has 128 valence electrons. The number of aryl methyl sites for hydroxylation is 2. The average Bonchev–Trinajstić information content (AvgIpc) is 2.55. The Hall–Kier alpha value is -2.70. The van der Waals surface area contributed by atoms with Gasteiger partial charge >= 0.3 is 11.9 Å². The van der Waals surface area contributed by atoms with Gasteiger partial charge in [-0.2, -0.15) is 0 Å². The maximum atomic E-state index is 12.5. The number of hydrogen-bond acceptors (Lipinski definition) is 6. The molecule has 0 radical (unpaired) electrons. The molecule has 2 heterocycles. The highest BCUT2D eigenvalue weighted by atomic mass is 16.7. The molecule has 0 spiro atoms. The Bertz CT molecular complexity index is 826. The molecule has 0 saturated carbocycles. The van der Waals surface area contributed by atoms with E-state index in [1.165, 1.54) is 6.20 Å². The Balaban J connectivity index is 2.27. The van der Waals surface area contributed by atoms with E-state index >= 15 is 0 Å². The van der Waals surface area contributed by atoms with E-state index < -0.39 is 24.2 Å². The first-order chi connectivity index (χ1) is 11.5. The van der Waals surface area contributed by atoms with E-state index in [-0.39, 0.29) is 12.0 Å².